The van der Waals surface area contributed by atoms with Gasteiger partial charge in [0.2, 0.25) is 5.91 Å². The van der Waals surface area contributed by atoms with Gasteiger partial charge in [0, 0.05) is 25.8 Å². The van der Waals surface area contributed by atoms with Crippen LogP contribution in [0, 0.1) is 5.41 Å². The van der Waals surface area contributed by atoms with Crippen molar-refractivity contribution < 1.29 is 9.53 Å². The van der Waals surface area contributed by atoms with Crippen molar-refractivity contribution in [2.24, 2.45) is 5.41 Å². The highest BCUT2D eigenvalue weighted by atomic mass is 16.5. The fourth-order valence-corrected chi connectivity index (χ4v) is 3.85. The number of ether oxygens (including phenoxy) is 1. The van der Waals surface area contributed by atoms with Crippen LogP contribution >= 0.6 is 0 Å². The second kappa shape index (κ2) is 6.41. The van der Waals surface area contributed by atoms with Crippen LogP contribution in [-0.4, -0.2) is 62.8 Å². The third kappa shape index (κ3) is 3.51. The van der Waals surface area contributed by atoms with Gasteiger partial charge in [-0.1, -0.05) is 0 Å². The standard InChI is InChI=1S/C15H27N3O2/c19-14(17-13-1-9-20-10-2-13)11-18-8-5-15(12-18)3-6-16-7-4-15/h13,16H,1-12H2,(H,17,19). The quantitative estimate of drug-likeness (QED) is 0.784. The molecule has 3 aliphatic rings. The molecule has 3 saturated heterocycles. The summed E-state index contributed by atoms with van der Waals surface area (Å²) < 4.78 is 5.32. The van der Waals surface area contributed by atoms with Crippen molar-refractivity contribution in [1.82, 2.24) is 15.5 Å². The summed E-state index contributed by atoms with van der Waals surface area (Å²) in [6.45, 7) is 6.61. The molecule has 0 atom stereocenters. The summed E-state index contributed by atoms with van der Waals surface area (Å²) in [5, 5.41) is 6.60. The van der Waals surface area contributed by atoms with Crippen LogP contribution in [0.3, 0.4) is 0 Å². The van der Waals surface area contributed by atoms with Crippen molar-refractivity contribution in [3.63, 3.8) is 0 Å². The Labute approximate surface area is 121 Å². The van der Waals surface area contributed by atoms with Crippen LogP contribution in [0.2, 0.25) is 0 Å². The van der Waals surface area contributed by atoms with Crippen molar-refractivity contribution >= 4 is 5.91 Å². The molecule has 3 heterocycles. The normalized spacial score (nSPS) is 27.8. The molecule has 114 valence electrons. The average Bonchev–Trinajstić information content (AvgIpc) is 2.83. The van der Waals surface area contributed by atoms with E-state index in [2.05, 4.69) is 15.5 Å². The number of nitrogens with one attached hydrogen (secondary N) is 2. The van der Waals surface area contributed by atoms with E-state index in [1.807, 2.05) is 0 Å². The Morgan fingerprint density at radius 3 is 2.75 bits per heavy atom. The lowest BCUT2D eigenvalue weighted by Gasteiger charge is -2.34. The molecule has 0 aromatic carbocycles. The van der Waals surface area contributed by atoms with E-state index in [-0.39, 0.29) is 5.91 Å². The van der Waals surface area contributed by atoms with E-state index < -0.39 is 0 Å². The number of piperidine rings is 1. The van der Waals surface area contributed by atoms with Gasteiger partial charge in [0.15, 0.2) is 0 Å². The maximum absolute atomic E-state index is 12.1. The zero-order valence-electron chi connectivity index (χ0n) is 12.3. The first-order valence-electron chi connectivity index (χ1n) is 8.06. The van der Waals surface area contributed by atoms with E-state index in [9.17, 15) is 4.79 Å². The van der Waals surface area contributed by atoms with E-state index in [0.29, 0.717) is 18.0 Å². The zero-order valence-corrected chi connectivity index (χ0v) is 12.3. The van der Waals surface area contributed by atoms with Crippen molar-refractivity contribution in [3.05, 3.63) is 0 Å². The van der Waals surface area contributed by atoms with Crippen LogP contribution in [-0.2, 0) is 9.53 Å². The second-order valence-electron chi connectivity index (χ2n) is 6.66. The van der Waals surface area contributed by atoms with Crippen LogP contribution in [0.5, 0.6) is 0 Å². The SMILES string of the molecule is O=C(CN1CCC2(CCNCC2)C1)NC1CCOCC1. The minimum atomic E-state index is 0.197. The van der Waals surface area contributed by atoms with E-state index in [0.717, 1.165) is 52.2 Å². The lowest BCUT2D eigenvalue weighted by molar-refractivity contribution is -0.123. The van der Waals surface area contributed by atoms with Crippen molar-refractivity contribution in [1.29, 1.82) is 0 Å². The monoisotopic (exact) mass is 281 g/mol. The van der Waals surface area contributed by atoms with Gasteiger partial charge in [0.1, 0.15) is 0 Å². The Morgan fingerprint density at radius 1 is 1.25 bits per heavy atom. The van der Waals surface area contributed by atoms with Crippen molar-refractivity contribution in [3.8, 4) is 0 Å². The van der Waals surface area contributed by atoms with Crippen LogP contribution in [0.4, 0.5) is 0 Å². The summed E-state index contributed by atoms with van der Waals surface area (Å²) in [5.74, 6) is 0.197. The van der Waals surface area contributed by atoms with Crippen LogP contribution in [0.25, 0.3) is 0 Å². The minimum absolute atomic E-state index is 0.197. The molecule has 1 amide bonds. The summed E-state index contributed by atoms with van der Waals surface area (Å²) in [7, 11) is 0. The number of amides is 1. The predicted octanol–water partition coefficient (Wildman–Crippen LogP) is 0.357. The average molecular weight is 281 g/mol. The van der Waals surface area contributed by atoms with Gasteiger partial charge in [0.05, 0.1) is 6.54 Å². The third-order valence-corrected chi connectivity index (χ3v) is 5.14. The summed E-state index contributed by atoms with van der Waals surface area (Å²) in [4.78, 5) is 14.5. The van der Waals surface area contributed by atoms with Crippen LogP contribution in [0.1, 0.15) is 32.1 Å². The Bertz CT molecular complexity index is 336. The molecule has 0 aliphatic carbocycles. The fourth-order valence-electron chi connectivity index (χ4n) is 3.85. The van der Waals surface area contributed by atoms with E-state index in [1.54, 1.807) is 0 Å². The van der Waals surface area contributed by atoms with Gasteiger partial charge in [-0.25, -0.2) is 0 Å². The smallest absolute Gasteiger partial charge is 0.234 e. The predicted molar refractivity (Wildman–Crippen MR) is 77.6 cm³/mol. The highest BCUT2D eigenvalue weighted by molar-refractivity contribution is 5.78. The Hall–Kier alpha value is -0.650. The van der Waals surface area contributed by atoms with E-state index in [1.165, 1.54) is 19.3 Å². The molecular formula is C15H27N3O2. The first-order valence-corrected chi connectivity index (χ1v) is 8.06. The molecule has 20 heavy (non-hydrogen) atoms. The van der Waals surface area contributed by atoms with Gasteiger partial charge < -0.3 is 15.4 Å². The number of rotatable bonds is 3. The third-order valence-electron chi connectivity index (χ3n) is 5.14. The van der Waals surface area contributed by atoms with Gasteiger partial charge >= 0.3 is 0 Å². The van der Waals surface area contributed by atoms with E-state index >= 15 is 0 Å². The zero-order chi connectivity index (χ0) is 13.8. The molecule has 0 radical (unpaired) electrons. The topological polar surface area (TPSA) is 53.6 Å². The number of hydrogen-bond donors (Lipinski definition) is 2. The first-order chi connectivity index (χ1) is 9.76. The lowest BCUT2D eigenvalue weighted by atomic mass is 9.78. The number of carbonyl (C=O) groups excluding carboxylic acids is 1. The van der Waals surface area contributed by atoms with Crippen molar-refractivity contribution in [2.45, 2.75) is 38.1 Å². The van der Waals surface area contributed by atoms with Crippen LogP contribution < -0.4 is 10.6 Å². The highest BCUT2D eigenvalue weighted by Crippen LogP contribution is 2.38. The maximum Gasteiger partial charge on any atom is 0.234 e. The molecule has 1 spiro atoms. The summed E-state index contributed by atoms with van der Waals surface area (Å²) in [5.41, 5.74) is 0.490. The second-order valence-corrected chi connectivity index (χ2v) is 6.66. The molecule has 0 saturated carbocycles. The number of likely N-dealkylation sites (tertiary alicyclic amines) is 1. The number of carbonyl (C=O) groups is 1. The van der Waals surface area contributed by atoms with E-state index in [4.69, 9.17) is 4.74 Å². The summed E-state index contributed by atoms with van der Waals surface area (Å²) in [6.07, 6.45) is 5.72. The van der Waals surface area contributed by atoms with Crippen LogP contribution in [0.15, 0.2) is 0 Å². The lowest BCUT2D eigenvalue weighted by Crippen LogP contribution is -2.44. The van der Waals surface area contributed by atoms with Gasteiger partial charge in [-0.05, 0) is 57.2 Å². The molecule has 3 rings (SSSR count). The Balaban J connectivity index is 1.43. The molecule has 0 aromatic rings. The Kier molecular flexibility index (Phi) is 4.58. The molecule has 5 heteroatoms. The molecule has 0 aromatic heterocycles. The van der Waals surface area contributed by atoms with Gasteiger partial charge in [-0.15, -0.1) is 0 Å². The summed E-state index contributed by atoms with van der Waals surface area (Å²) in [6, 6.07) is 0.326. The molecule has 5 nitrogen and oxygen atoms in total. The van der Waals surface area contributed by atoms with Gasteiger partial charge in [-0.2, -0.15) is 0 Å². The minimum Gasteiger partial charge on any atom is -0.381 e. The fraction of sp³-hybridized carbons (Fsp3) is 0.933. The number of hydrogen-bond acceptors (Lipinski definition) is 4. The van der Waals surface area contributed by atoms with Crippen molar-refractivity contribution in [2.75, 3.05) is 45.9 Å². The van der Waals surface area contributed by atoms with Gasteiger partial charge in [-0.3, -0.25) is 9.69 Å². The van der Waals surface area contributed by atoms with Gasteiger partial charge in [0.25, 0.3) is 0 Å². The maximum atomic E-state index is 12.1. The molecule has 0 bridgehead atoms. The summed E-state index contributed by atoms with van der Waals surface area (Å²) >= 11 is 0. The molecular weight excluding hydrogens is 254 g/mol. The highest BCUT2D eigenvalue weighted by Gasteiger charge is 2.39. The first kappa shape index (κ1) is 14.3. The Morgan fingerprint density at radius 2 is 2.00 bits per heavy atom. The largest absolute Gasteiger partial charge is 0.381 e. The molecule has 3 fully saturated rings. The molecule has 2 N–H and O–H groups in total. The molecule has 0 unspecified atom stereocenters. The number of nitrogens with zero attached hydrogens (tertiary/aromatic N) is 1. The molecule has 3 aliphatic heterocycles.